The van der Waals surface area contributed by atoms with E-state index in [1.54, 1.807) is 26.8 Å². The number of rotatable bonds is 4. The molecule has 0 atom stereocenters. The number of para-hydroxylation sites is 1. The lowest BCUT2D eigenvalue weighted by Gasteiger charge is -2.19. The molecule has 0 spiro atoms. The van der Waals surface area contributed by atoms with E-state index in [4.69, 9.17) is 16.3 Å². The van der Waals surface area contributed by atoms with Crippen molar-refractivity contribution in [3.63, 3.8) is 0 Å². The van der Waals surface area contributed by atoms with E-state index < -0.39 is 14.6 Å². The third kappa shape index (κ3) is 4.73. The topological polar surface area (TPSA) is 43.4 Å². The Hall–Kier alpha value is -1.18. The molecule has 0 saturated heterocycles. The molecule has 1 aromatic rings. The maximum Gasteiger partial charge on any atom is 0.158 e. The molecule has 0 aliphatic rings. The van der Waals surface area contributed by atoms with E-state index in [0.717, 1.165) is 0 Å². The number of hydrogen-bond donors (Lipinski definition) is 0. The molecule has 0 amide bonds. The molecule has 0 bridgehead atoms. The maximum atomic E-state index is 12.0. The number of halogens is 1. The fourth-order valence-electron chi connectivity index (χ4n) is 1.39. The van der Waals surface area contributed by atoms with Gasteiger partial charge in [0.25, 0.3) is 0 Å². The first-order chi connectivity index (χ1) is 9.28. The van der Waals surface area contributed by atoms with Crippen LogP contribution in [0.4, 0.5) is 0 Å². The fraction of sp³-hybridized carbons (Fsp3) is 0.467. The zero-order valence-electron chi connectivity index (χ0n) is 11.9. The van der Waals surface area contributed by atoms with E-state index in [-0.39, 0.29) is 18.2 Å². The van der Waals surface area contributed by atoms with Crippen molar-refractivity contribution in [3.8, 4) is 17.6 Å². The highest BCUT2D eigenvalue weighted by Crippen LogP contribution is 2.19. The molecular weight excluding hydrogens is 296 g/mol. The van der Waals surface area contributed by atoms with Gasteiger partial charge < -0.3 is 4.74 Å². The van der Waals surface area contributed by atoms with Crippen molar-refractivity contribution in [1.29, 1.82) is 0 Å². The van der Waals surface area contributed by atoms with Gasteiger partial charge in [-0.15, -0.1) is 11.6 Å². The smallest absolute Gasteiger partial charge is 0.158 e. The van der Waals surface area contributed by atoms with Crippen LogP contribution in [-0.2, 0) is 9.84 Å². The molecule has 110 valence electrons. The minimum atomic E-state index is -3.18. The maximum absolute atomic E-state index is 12.0. The molecule has 0 radical (unpaired) electrons. The average molecular weight is 315 g/mol. The summed E-state index contributed by atoms with van der Waals surface area (Å²) in [4.78, 5) is 0. The van der Waals surface area contributed by atoms with Crippen LogP contribution in [0, 0.1) is 11.8 Å². The van der Waals surface area contributed by atoms with Crippen molar-refractivity contribution in [3.05, 3.63) is 29.8 Å². The van der Waals surface area contributed by atoms with Crippen molar-refractivity contribution in [2.24, 2.45) is 0 Å². The molecule has 0 N–H and O–H groups in total. The van der Waals surface area contributed by atoms with Crippen LogP contribution in [0.3, 0.4) is 0 Å². The molecule has 0 aliphatic heterocycles. The van der Waals surface area contributed by atoms with Crippen LogP contribution >= 0.6 is 11.6 Å². The van der Waals surface area contributed by atoms with Gasteiger partial charge in [0.2, 0.25) is 0 Å². The summed E-state index contributed by atoms with van der Waals surface area (Å²) in [6.45, 7) is 5.16. The molecule has 0 aromatic heterocycles. The first kappa shape index (κ1) is 16.9. The van der Waals surface area contributed by atoms with Gasteiger partial charge in [0.05, 0.1) is 21.9 Å². The van der Waals surface area contributed by atoms with E-state index in [1.165, 1.54) is 0 Å². The van der Waals surface area contributed by atoms with Gasteiger partial charge in [-0.2, -0.15) is 0 Å². The molecule has 5 heteroatoms. The minimum absolute atomic E-state index is 0.0201. The summed E-state index contributed by atoms with van der Waals surface area (Å²) < 4.78 is 28.7. The van der Waals surface area contributed by atoms with Gasteiger partial charge in [0.1, 0.15) is 12.4 Å². The SMILES string of the molecule is CC(C)(C)S(=O)(=O)CCOc1ccccc1C#CCCl. The Balaban J connectivity index is 2.73. The summed E-state index contributed by atoms with van der Waals surface area (Å²) in [5.41, 5.74) is 0.710. The molecule has 0 unspecified atom stereocenters. The lowest BCUT2D eigenvalue weighted by molar-refractivity contribution is 0.339. The Morgan fingerprint density at radius 2 is 1.90 bits per heavy atom. The predicted octanol–water partition coefficient (Wildman–Crippen LogP) is 2.87. The van der Waals surface area contributed by atoms with Crippen LogP contribution in [0.15, 0.2) is 24.3 Å². The molecule has 0 heterocycles. The van der Waals surface area contributed by atoms with Crippen LogP contribution in [0.5, 0.6) is 5.75 Å². The number of hydrogen-bond acceptors (Lipinski definition) is 3. The van der Waals surface area contributed by atoms with Crippen LogP contribution < -0.4 is 4.74 Å². The van der Waals surface area contributed by atoms with E-state index in [1.807, 2.05) is 18.2 Å². The standard InChI is InChI=1S/C15H19ClO3S/c1-15(2,3)20(17,18)12-11-19-14-9-5-4-7-13(14)8-6-10-16/h4-5,7,9H,10-12H2,1-3H3. The van der Waals surface area contributed by atoms with Crippen molar-refractivity contribution >= 4 is 21.4 Å². The highest BCUT2D eigenvalue weighted by atomic mass is 35.5. The quantitative estimate of drug-likeness (QED) is 0.634. The highest BCUT2D eigenvalue weighted by Gasteiger charge is 2.28. The normalized spacial score (nSPS) is 11.6. The van der Waals surface area contributed by atoms with E-state index in [2.05, 4.69) is 11.8 Å². The Morgan fingerprint density at radius 1 is 1.25 bits per heavy atom. The Morgan fingerprint density at radius 3 is 2.50 bits per heavy atom. The first-order valence-corrected chi connectivity index (χ1v) is 8.45. The van der Waals surface area contributed by atoms with Gasteiger partial charge in [-0.3, -0.25) is 0 Å². The molecule has 1 aromatic carbocycles. The molecule has 0 aliphatic carbocycles. The predicted molar refractivity (Wildman–Crippen MR) is 83.1 cm³/mol. The van der Waals surface area contributed by atoms with Crippen molar-refractivity contribution in [2.45, 2.75) is 25.5 Å². The first-order valence-electron chi connectivity index (χ1n) is 6.27. The Kier molecular flexibility index (Phi) is 5.91. The summed E-state index contributed by atoms with van der Waals surface area (Å²) in [6, 6.07) is 7.24. The molecule has 0 saturated carbocycles. The third-order valence-electron chi connectivity index (χ3n) is 2.72. The van der Waals surface area contributed by atoms with Gasteiger partial charge in [-0.1, -0.05) is 24.0 Å². The average Bonchev–Trinajstić information content (AvgIpc) is 2.36. The lowest BCUT2D eigenvalue weighted by atomic mass is 10.2. The molecule has 20 heavy (non-hydrogen) atoms. The monoisotopic (exact) mass is 314 g/mol. The van der Waals surface area contributed by atoms with E-state index >= 15 is 0 Å². The van der Waals surface area contributed by atoms with Crippen LogP contribution in [0.25, 0.3) is 0 Å². The zero-order chi connectivity index (χ0) is 15.2. The van der Waals surface area contributed by atoms with Crippen LogP contribution in [0.2, 0.25) is 0 Å². The van der Waals surface area contributed by atoms with Crippen molar-refractivity contribution in [2.75, 3.05) is 18.2 Å². The van der Waals surface area contributed by atoms with Crippen molar-refractivity contribution in [1.82, 2.24) is 0 Å². The van der Waals surface area contributed by atoms with Gasteiger partial charge in [0.15, 0.2) is 9.84 Å². The number of ether oxygens (including phenoxy) is 1. The minimum Gasteiger partial charge on any atom is -0.491 e. The second-order valence-electron chi connectivity index (χ2n) is 5.21. The second-order valence-corrected chi connectivity index (χ2v) is 8.34. The summed E-state index contributed by atoms with van der Waals surface area (Å²) >= 11 is 5.52. The number of alkyl halides is 1. The van der Waals surface area contributed by atoms with E-state index in [0.29, 0.717) is 11.3 Å². The second kappa shape index (κ2) is 7.01. The Labute approximate surface area is 126 Å². The van der Waals surface area contributed by atoms with E-state index in [9.17, 15) is 8.42 Å². The van der Waals surface area contributed by atoms with Crippen LogP contribution in [0.1, 0.15) is 26.3 Å². The molecule has 3 nitrogen and oxygen atoms in total. The fourth-order valence-corrected chi connectivity index (χ4v) is 2.37. The van der Waals surface area contributed by atoms with Gasteiger partial charge >= 0.3 is 0 Å². The molecule has 0 fully saturated rings. The zero-order valence-corrected chi connectivity index (χ0v) is 13.5. The number of benzene rings is 1. The van der Waals surface area contributed by atoms with Crippen molar-refractivity contribution < 1.29 is 13.2 Å². The Bertz CT molecular complexity index is 604. The number of sulfone groups is 1. The summed E-state index contributed by atoms with van der Waals surface area (Å²) in [6.07, 6.45) is 0. The van der Waals surface area contributed by atoms with Gasteiger partial charge in [-0.05, 0) is 32.9 Å². The molecular formula is C15H19ClO3S. The van der Waals surface area contributed by atoms with Gasteiger partial charge in [-0.25, -0.2) is 8.42 Å². The lowest BCUT2D eigenvalue weighted by Crippen LogP contribution is -2.32. The molecule has 1 rings (SSSR count). The summed E-state index contributed by atoms with van der Waals surface area (Å²) in [5.74, 6) is 6.44. The largest absolute Gasteiger partial charge is 0.491 e. The summed E-state index contributed by atoms with van der Waals surface area (Å²) in [5, 5.41) is 0. The van der Waals surface area contributed by atoms with Crippen LogP contribution in [-0.4, -0.2) is 31.4 Å². The third-order valence-corrected chi connectivity index (χ3v) is 5.42. The summed E-state index contributed by atoms with van der Waals surface area (Å²) in [7, 11) is -3.18. The highest BCUT2D eigenvalue weighted by molar-refractivity contribution is 7.92. The van der Waals surface area contributed by atoms with Gasteiger partial charge in [0, 0.05) is 0 Å².